The number of imidazole rings is 1. The smallest absolute Gasteiger partial charge is 0.260 e. The van der Waals surface area contributed by atoms with Crippen molar-refractivity contribution >= 4 is 22.6 Å². The Morgan fingerprint density at radius 1 is 0.941 bits per heavy atom. The first-order valence-electron chi connectivity index (χ1n) is 11.3. The number of rotatable bonds is 4. The number of carbonyl (C=O) groups excluding carboxylic acids is 1. The standard InChI is InChI=1S/C27H22N6O/c1-17(2)32-13-12-28-26(32)23-8-5-9-24(30-23)33-16-20-11-10-18(14-21(20)27(33)34)25-29-15-19-6-3-4-7-22(19)31-25/h3-15,17H,16H2,1-2H3. The van der Waals surface area contributed by atoms with Gasteiger partial charge in [0.2, 0.25) is 0 Å². The van der Waals surface area contributed by atoms with Crippen molar-refractivity contribution in [2.75, 3.05) is 4.90 Å². The molecule has 5 aromatic rings. The highest BCUT2D eigenvalue weighted by Gasteiger charge is 2.30. The third kappa shape index (κ3) is 3.33. The van der Waals surface area contributed by atoms with Gasteiger partial charge < -0.3 is 4.57 Å². The number of hydrogen-bond donors (Lipinski definition) is 0. The van der Waals surface area contributed by atoms with Crippen LogP contribution in [0.3, 0.4) is 0 Å². The lowest BCUT2D eigenvalue weighted by Crippen LogP contribution is -2.24. The Labute approximate surface area is 196 Å². The summed E-state index contributed by atoms with van der Waals surface area (Å²) < 4.78 is 2.07. The average Bonchev–Trinajstić information content (AvgIpc) is 3.49. The van der Waals surface area contributed by atoms with Crippen LogP contribution < -0.4 is 4.90 Å². The largest absolute Gasteiger partial charge is 0.327 e. The highest BCUT2D eigenvalue weighted by molar-refractivity contribution is 6.10. The minimum Gasteiger partial charge on any atom is -0.327 e. The summed E-state index contributed by atoms with van der Waals surface area (Å²) in [6.07, 6.45) is 5.54. The van der Waals surface area contributed by atoms with E-state index in [2.05, 4.69) is 33.4 Å². The minimum absolute atomic E-state index is 0.0745. The molecular weight excluding hydrogens is 424 g/mol. The summed E-state index contributed by atoms with van der Waals surface area (Å²) in [6, 6.07) is 19.7. The molecule has 0 saturated heterocycles. The van der Waals surface area contributed by atoms with Crippen molar-refractivity contribution in [3.8, 4) is 22.9 Å². The van der Waals surface area contributed by atoms with Gasteiger partial charge in [-0.15, -0.1) is 0 Å². The van der Waals surface area contributed by atoms with E-state index in [0.29, 0.717) is 23.8 Å². The molecule has 4 heterocycles. The average molecular weight is 447 g/mol. The molecule has 34 heavy (non-hydrogen) atoms. The fraction of sp³-hybridized carbons (Fsp3) is 0.148. The predicted molar refractivity (Wildman–Crippen MR) is 131 cm³/mol. The number of amides is 1. The van der Waals surface area contributed by atoms with Gasteiger partial charge in [-0.25, -0.2) is 19.9 Å². The van der Waals surface area contributed by atoms with Gasteiger partial charge in [0.15, 0.2) is 11.6 Å². The molecule has 0 atom stereocenters. The summed E-state index contributed by atoms with van der Waals surface area (Å²) in [4.78, 5) is 33.6. The molecule has 1 aliphatic heterocycles. The maximum Gasteiger partial charge on any atom is 0.260 e. The SMILES string of the molecule is CC(C)n1ccnc1-c1cccc(N2Cc3ccc(-c4ncc5ccccc5n4)cc3C2=O)n1. The van der Waals surface area contributed by atoms with E-state index in [1.54, 1.807) is 11.1 Å². The van der Waals surface area contributed by atoms with Crippen molar-refractivity contribution in [2.45, 2.75) is 26.4 Å². The van der Waals surface area contributed by atoms with Crippen molar-refractivity contribution in [2.24, 2.45) is 0 Å². The van der Waals surface area contributed by atoms with Gasteiger partial charge in [-0.1, -0.05) is 36.4 Å². The maximum absolute atomic E-state index is 13.4. The number of anilines is 1. The molecular formula is C27H22N6O. The molecule has 1 amide bonds. The number of hydrogen-bond acceptors (Lipinski definition) is 5. The zero-order valence-corrected chi connectivity index (χ0v) is 18.9. The molecule has 0 spiro atoms. The van der Waals surface area contributed by atoms with Crippen LogP contribution in [-0.4, -0.2) is 30.4 Å². The van der Waals surface area contributed by atoms with Gasteiger partial charge in [0.1, 0.15) is 11.5 Å². The summed E-state index contributed by atoms with van der Waals surface area (Å²) in [5.74, 6) is 1.93. The van der Waals surface area contributed by atoms with Crippen molar-refractivity contribution in [1.29, 1.82) is 0 Å². The molecule has 6 rings (SSSR count). The van der Waals surface area contributed by atoms with Gasteiger partial charge in [0.05, 0.1) is 12.1 Å². The number of benzene rings is 2. The Balaban J connectivity index is 1.33. The first-order valence-corrected chi connectivity index (χ1v) is 11.3. The van der Waals surface area contributed by atoms with Crippen LogP contribution >= 0.6 is 0 Å². The second-order valence-corrected chi connectivity index (χ2v) is 8.65. The molecule has 0 unspecified atom stereocenters. The summed E-state index contributed by atoms with van der Waals surface area (Å²) in [5, 5.41) is 0.985. The lowest BCUT2D eigenvalue weighted by Gasteiger charge is -2.16. The summed E-state index contributed by atoms with van der Waals surface area (Å²) >= 11 is 0. The Morgan fingerprint density at radius 2 is 1.82 bits per heavy atom. The van der Waals surface area contributed by atoms with Crippen molar-refractivity contribution in [1.82, 2.24) is 24.5 Å². The highest BCUT2D eigenvalue weighted by Crippen LogP contribution is 2.31. The fourth-order valence-electron chi connectivity index (χ4n) is 4.36. The molecule has 0 aliphatic carbocycles. The molecule has 0 fully saturated rings. The van der Waals surface area contributed by atoms with Crippen LogP contribution in [0.1, 0.15) is 35.8 Å². The van der Waals surface area contributed by atoms with Gasteiger partial charge in [-0.3, -0.25) is 9.69 Å². The van der Waals surface area contributed by atoms with Crippen molar-refractivity contribution in [3.63, 3.8) is 0 Å². The lowest BCUT2D eigenvalue weighted by molar-refractivity contribution is 0.0996. The van der Waals surface area contributed by atoms with Crippen molar-refractivity contribution < 1.29 is 4.79 Å². The Bertz CT molecular complexity index is 1550. The van der Waals surface area contributed by atoms with E-state index in [9.17, 15) is 4.79 Å². The van der Waals surface area contributed by atoms with Crippen LogP contribution in [-0.2, 0) is 6.54 Å². The Morgan fingerprint density at radius 3 is 2.71 bits per heavy atom. The van der Waals surface area contributed by atoms with E-state index in [1.807, 2.05) is 73.1 Å². The first-order chi connectivity index (χ1) is 16.6. The lowest BCUT2D eigenvalue weighted by atomic mass is 10.1. The number of pyridine rings is 1. The maximum atomic E-state index is 13.4. The minimum atomic E-state index is -0.0745. The molecule has 166 valence electrons. The second-order valence-electron chi connectivity index (χ2n) is 8.65. The number of carbonyl (C=O) groups is 1. The van der Waals surface area contributed by atoms with Crippen LogP contribution in [0.2, 0.25) is 0 Å². The monoisotopic (exact) mass is 446 g/mol. The van der Waals surface area contributed by atoms with Gasteiger partial charge in [-0.05, 0) is 43.7 Å². The summed E-state index contributed by atoms with van der Waals surface area (Å²) in [7, 11) is 0. The van der Waals surface area contributed by atoms with Crippen LogP contribution in [0.5, 0.6) is 0 Å². The molecule has 0 N–H and O–H groups in total. The number of para-hydroxylation sites is 1. The summed E-state index contributed by atoms with van der Waals surface area (Å²) in [5.41, 5.74) is 4.06. The number of nitrogens with zero attached hydrogens (tertiary/aromatic N) is 6. The molecule has 7 heteroatoms. The summed E-state index contributed by atoms with van der Waals surface area (Å²) in [6.45, 7) is 4.68. The Kier molecular flexibility index (Phi) is 4.69. The molecule has 0 bridgehead atoms. The van der Waals surface area contributed by atoms with Gasteiger partial charge >= 0.3 is 0 Å². The molecule has 1 aliphatic rings. The molecule has 2 aromatic carbocycles. The van der Waals surface area contributed by atoms with E-state index < -0.39 is 0 Å². The van der Waals surface area contributed by atoms with Gasteiger partial charge in [0, 0.05) is 41.1 Å². The van der Waals surface area contributed by atoms with E-state index in [1.165, 1.54) is 0 Å². The zero-order chi connectivity index (χ0) is 23.2. The highest BCUT2D eigenvalue weighted by atomic mass is 16.2. The quantitative estimate of drug-likeness (QED) is 0.375. The Hall–Kier alpha value is -4.39. The van der Waals surface area contributed by atoms with E-state index in [0.717, 1.165) is 33.5 Å². The van der Waals surface area contributed by atoms with Crippen LogP contribution in [0, 0.1) is 0 Å². The van der Waals surface area contributed by atoms with Crippen molar-refractivity contribution in [3.05, 3.63) is 90.4 Å². The van der Waals surface area contributed by atoms with E-state index in [4.69, 9.17) is 4.98 Å². The molecule has 3 aromatic heterocycles. The third-order valence-corrected chi connectivity index (χ3v) is 6.13. The fourth-order valence-corrected chi connectivity index (χ4v) is 4.36. The van der Waals surface area contributed by atoms with Crippen LogP contribution in [0.15, 0.2) is 79.3 Å². The normalized spacial score (nSPS) is 13.1. The zero-order valence-electron chi connectivity index (χ0n) is 18.9. The third-order valence-electron chi connectivity index (χ3n) is 6.13. The van der Waals surface area contributed by atoms with Gasteiger partial charge in [0.25, 0.3) is 5.91 Å². The topological polar surface area (TPSA) is 76.8 Å². The van der Waals surface area contributed by atoms with Crippen LogP contribution in [0.25, 0.3) is 33.8 Å². The second kappa shape index (κ2) is 7.88. The van der Waals surface area contributed by atoms with E-state index in [-0.39, 0.29) is 11.9 Å². The molecule has 0 radical (unpaired) electrons. The molecule has 0 saturated carbocycles. The van der Waals surface area contributed by atoms with E-state index >= 15 is 0 Å². The van der Waals surface area contributed by atoms with Crippen LogP contribution in [0.4, 0.5) is 5.82 Å². The molecule has 7 nitrogen and oxygen atoms in total. The number of fused-ring (bicyclic) bond motifs is 2. The predicted octanol–water partition coefficient (Wildman–Crippen LogP) is 5.30. The first kappa shape index (κ1) is 20.2. The van der Waals surface area contributed by atoms with Gasteiger partial charge in [-0.2, -0.15) is 0 Å². The number of aromatic nitrogens is 5.